The van der Waals surface area contributed by atoms with Crippen molar-refractivity contribution in [1.29, 1.82) is 0 Å². The molecule has 0 amide bonds. The van der Waals surface area contributed by atoms with Gasteiger partial charge in [0.1, 0.15) is 11.6 Å². The van der Waals surface area contributed by atoms with E-state index in [2.05, 4.69) is 68.9 Å². The van der Waals surface area contributed by atoms with Crippen molar-refractivity contribution < 1.29 is 4.39 Å². The van der Waals surface area contributed by atoms with Gasteiger partial charge in [0.25, 0.3) is 0 Å². The third kappa shape index (κ3) is 5.17. The van der Waals surface area contributed by atoms with Crippen LogP contribution in [0.15, 0.2) is 23.1 Å². The first-order valence-corrected chi connectivity index (χ1v) is 12.3. The molecule has 3 N–H and O–H groups in total. The van der Waals surface area contributed by atoms with E-state index < -0.39 is 11.5 Å². The molecule has 11 nitrogen and oxygen atoms in total. The average Bonchev–Trinajstić information content (AvgIpc) is 3.59. The maximum Gasteiger partial charge on any atom is 0.368 e. The molecule has 0 spiro atoms. The SMILES string of the molecule is [C-]#[N+]c1cnc(Nc2cc(-n3nnn(C)c3=O)c(C3CC3)cc2F)nc1NC1CC(C)(C)NC(C)(C)C1. The Kier molecular flexibility index (Phi) is 5.98. The minimum absolute atomic E-state index is 0.0826. The summed E-state index contributed by atoms with van der Waals surface area (Å²) in [4.78, 5) is 24.9. The lowest BCUT2D eigenvalue weighted by molar-refractivity contribution is 0.170. The van der Waals surface area contributed by atoms with E-state index in [1.807, 2.05) is 0 Å². The van der Waals surface area contributed by atoms with Crippen LogP contribution in [-0.4, -0.2) is 46.9 Å². The summed E-state index contributed by atoms with van der Waals surface area (Å²) >= 11 is 0. The van der Waals surface area contributed by atoms with Crippen LogP contribution in [0.2, 0.25) is 0 Å². The number of aromatic nitrogens is 6. The van der Waals surface area contributed by atoms with Crippen molar-refractivity contribution in [3.8, 4) is 5.69 Å². The fourth-order valence-electron chi connectivity index (χ4n) is 5.40. The number of benzene rings is 1. The molecular weight excluding hydrogens is 475 g/mol. The molecule has 0 bridgehead atoms. The Morgan fingerprint density at radius 3 is 2.46 bits per heavy atom. The average molecular weight is 507 g/mol. The quantitative estimate of drug-likeness (QED) is 0.432. The fraction of sp³-hybridized carbons (Fsp3) is 0.520. The van der Waals surface area contributed by atoms with E-state index in [0.717, 1.165) is 30.4 Å². The lowest BCUT2D eigenvalue weighted by Gasteiger charge is -2.46. The van der Waals surface area contributed by atoms with Gasteiger partial charge in [-0.05, 0) is 87.4 Å². The van der Waals surface area contributed by atoms with E-state index in [0.29, 0.717) is 17.1 Å². The van der Waals surface area contributed by atoms with Crippen LogP contribution in [0, 0.1) is 12.4 Å². The van der Waals surface area contributed by atoms with Gasteiger partial charge in [-0.25, -0.2) is 24.0 Å². The summed E-state index contributed by atoms with van der Waals surface area (Å²) < 4.78 is 17.5. The summed E-state index contributed by atoms with van der Waals surface area (Å²) in [7, 11) is 1.51. The molecule has 0 radical (unpaired) electrons. The molecule has 1 aliphatic carbocycles. The summed E-state index contributed by atoms with van der Waals surface area (Å²) in [5.41, 5.74) is 0.975. The molecule has 3 heterocycles. The van der Waals surface area contributed by atoms with Gasteiger partial charge >= 0.3 is 5.69 Å². The van der Waals surface area contributed by atoms with Crippen LogP contribution < -0.4 is 21.6 Å². The zero-order chi connectivity index (χ0) is 26.5. The summed E-state index contributed by atoms with van der Waals surface area (Å²) in [6.45, 7) is 16.2. The Hall–Kier alpha value is -3.85. The van der Waals surface area contributed by atoms with E-state index in [4.69, 9.17) is 6.57 Å². The lowest BCUT2D eigenvalue weighted by atomic mass is 9.79. The molecule has 12 heteroatoms. The first-order chi connectivity index (χ1) is 17.4. The van der Waals surface area contributed by atoms with E-state index in [1.54, 1.807) is 0 Å². The van der Waals surface area contributed by atoms with Crippen LogP contribution in [0.4, 0.5) is 27.5 Å². The van der Waals surface area contributed by atoms with Crippen LogP contribution in [0.5, 0.6) is 0 Å². The van der Waals surface area contributed by atoms with Crippen molar-refractivity contribution in [3.05, 3.63) is 51.6 Å². The van der Waals surface area contributed by atoms with Gasteiger partial charge in [0.05, 0.1) is 17.9 Å². The van der Waals surface area contributed by atoms with Crippen LogP contribution >= 0.6 is 0 Å². The fourth-order valence-corrected chi connectivity index (χ4v) is 5.40. The van der Waals surface area contributed by atoms with E-state index in [-0.39, 0.29) is 40.4 Å². The molecular formula is C25H31FN10O. The minimum Gasteiger partial charge on any atom is -0.376 e. The third-order valence-electron chi connectivity index (χ3n) is 6.75. The molecule has 1 aromatic carbocycles. The largest absolute Gasteiger partial charge is 0.376 e. The van der Waals surface area contributed by atoms with E-state index in [9.17, 15) is 4.79 Å². The monoisotopic (exact) mass is 506 g/mol. The van der Waals surface area contributed by atoms with Crippen molar-refractivity contribution in [2.75, 3.05) is 10.6 Å². The predicted molar refractivity (Wildman–Crippen MR) is 138 cm³/mol. The number of anilines is 3. The van der Waals surface area contributed by atoms with Gasteiger partial charge < -0.3 is 16.0 Å². The lowest BCUT2D eigenvalue weighted by Crippen LogP contribution is -2.60. The Bertz CT molecular complexity index is 1430. The maximum absolute atomic E-state index is 15.2. The van der Waals surface area contributed by atoms with Crippen LogP contribution in [0.3, 0.4) is 0 Å². The standard InChI is InChI=1S/C25H31FN10O/c1-24(2)11-15(12-25(3,4)32-24)29-21-19(27-5)13-28-22(31-21)30-18-10-20(36-23(37)35(6)33-34-36)16(9-17(18)26)14-7-8-14/h9-10,13-15,32H,7-8,11-12H2,1-4,6H3,(H2,28,29,30,31). The van der Waals surface area contributed by atoms with Crippen LogP contribution in [0.25, 0.3) is 10.5 Å². The van der Waals surface area contributed by atoms with E-state index >= 15 is 4.39 Å². The second-order valence-corrected chi connectivity index (χ2v) is 11.3. The van der Waals surface area contributed by atoms with Gasteiger partial charge in [0.15, 0.2) is 0 Å². The van der Waals surface area contributed by atoms with Crippen molar-refractivity contribution >= 4 is 23.1 Å². The number of hydrogen-bond acceptors (Lipinski definition) is 8. The highest BCUT2D eigenvalue weighted by molar-refractivity contribution is 5.68. The molecule has 2 aliphatic rings. The van der Waals surface area contributed by atoms with Gasteiger partial charge in [-0.2, -0.15) is 9.36 Å². The Balaban J connectivity index is 1.46. The molecule has 1 saturated heterocycles. The number of nitrogens with one attached hydrogen (secondary N) is 3. The third-order valence-corrected chi connectivity index (χ3v) is 6.75. The zero-order valence-corrected chi connectivity index (χ0v) is 21.6. The molecule has 0 unspecified atom stereocenters. The molecule has 194 valence electrons. The highest BCUT2D eigenvalue weighted by Gasteiger charge is 2.38. The molecule has 0 atom stereocenters. The summed E-state index contributed by atoms with van der Waals surface area (Å²) in [5, 5.41) is 17.7. The maximum atomic E-state index is 15.2. The molecule has 1 saturated carbocycles. The van der Waals surface area contributed by atoms with Gasteiger partial charge in [-0.15, -0.1) is 0 Å². The highest BCUT2D eigenvalue weighted by atomic mass is 19.1. The Labute approximate surface area is 214 Å². The van der Waals surface area contributed by atoms with Crippen LogP contribution in [0.1, 0.15) is 64.9 Å². The first kappa shape index (κ1) is 24.8. The summed E-state index contributed by atoms with van der Waals surface area (Å²) in [6.07, 6.45) is 4.96. The molecule has 37 heavy (non-hydrogen) atoms. The van der Waals surface area contributed by atoms with Crippen molar-refractivity contribution in [1.82, 2.24) is 35.1 Å². The molecule has 3 aromatic rings. The van der Waals surface area contributed by atoms with Gasteiger partial charge in [0.2, 0.25) is 11.6 Å². The van der Waals surface area contributed by atoms with Crippen molar-refractivity contribution in [2.45, 2.75) is 76.4 Å². The Morgan fingerprint density at radius 1 is 1.16 bits per heavy atom. The summed E-state index contributed by atoms with van der Waals surface area (Å²) in [5.74, 6) is 0.219. The van der Waals surface area contributed by atoms with Gasteiger partial charge in [-0.1, -0.05) is 0 Å². The second kappa shape index (κ2) is 8.92. The number of rotatable bonds is 6. The molecule has 2 fully saturated rings. The van der Waals surface area contributed by atoms with Crippen molar-refractivity contribution in [2.24, 2.45) is 7.05 Å². The topological polar surface area (TPSA) is 119 Å². The zero-order valence-electron chi connectivity index (χ0n) is 21.6. The number of nitrogens with zero attached hydrogens (tertiary/aromatic N) is 7. The highest BCUT2D eigenvalue weighted by Crippen LogP contribution is 2.44. The number of piperidine rings is 1. The predicted octanol–water partition coefficient (Wildman–Crippen LogP) is 3.79. The first-order valence-electron chi connectivity index (χ1n) is 12.3. The number of halogens is 1. The van der Waals surface area contributed by atoms with E-state index in [1.165, 1.54) is 30.1 Å². The Morgan fingerprint density at radius 2 is 1.86 bits per heavy atom. The smallest absolute Gasteiger partial charge is 0.368 e. The molecule has 5 rings (SSSR count). The van der Waals surface area contributed by atoms with Gasteiger partial charge in [-0.3, -0.25) is 0 Å². The normalized spacial score (nSPS) is 18.8. The molecule has 2 aromatic heterocycles. The number of hydrogen-bond donors (Lipinski definition) is 3. The van der Waals surface area contributed by atoms with Crippen molar-refractivity contribution in [3.63, 3.8) is 0 Å². The molecule has 1 aliphatic heterocycles. The van der Waals surface area contributed by atoms with Gasteiger partial charge in [0, 0.05) is 30.4 Å². The number of aryl methyl sites for hydroxylation is 1. The minimum atomic E-state index is -0.489. The van der Waals surface area contributed by atoms with Crippen LogP contribution in [-0.2, 0) is 7.05 Å². The number of tetrazole rings is 1. The second-order valence-electron chi connectivity index (χ2n) is 11.3. The summed E-state index contributed by atoms with van der Waals surface area (Å²) in [6, 6.07) is 3.05.